The predicted octanol–water partition coefficient (Wildman–Crippen LogP) is 4.19. The Kier molecular flexibility index (Phi) is 4.79. The molecule has 7 heteroatoms. The molecule has 6 nitrogen and oxygen atoms in total. The molecule has 0 aliphatic carbocycles. The fraction of sp³-hybridized carbons (Fsp3) is 0.167. The van der Waals surface area contributed by atoms with Crippen LogP contribution in [0.5, 0.6) is 11.5 Å². The lowest BCUT2D eigenvalue weighted by molar-refractivity contribution is -0.136. The van der Waals surface area contributed by atoms with Crippen LogP contribution in [0.25, 0.3) is 0 Å². The van der Waals surface area contributed by atoms with Crippen LogP contribution < -0.4 is 14.4 Å². The summed E-state index contributed by atoms with van der Waals surface area (Å²) in [4.78, 5) is 28.0. The monoisotopic (exact) mass is 479 g/mol. The standard InChI is InChI=1S/C24H18BrNO5/c25-17-7-8-19-18(11-17)24(29,23(28)26(19)13-15-4-2-1-3-5-15)12-20(27)16-6-9-21-22(10-16)31-14-30-21/h1-11,29H,12-14H2/t24-/m0/s1. The number of Topliss-reactive ketones (excluding diaryl/α,β-unsaturated/α-hetero) is 1. The summed E-state index contributed by atoms with van der Waals surface area (Å²) in [7, 11) is 0. The third kappa shape index (κ3) is 3.40. The smallest absolute Gasteiger partial charge is 0.264 e. The summed E-state index contributed by atoms with van der Waals surface area (Å²) in [5.74, 6) is 0.167. The summed E-state index contributed by atoms with van der Waals surface area (Å²) >= 11 is 3.41. The summed E-state index contributed by atoms with van der Waals surface area (Å²) in [6.45, 7) is 0.403. The zero-order chi connectivity index (χ0) is 21.6. The third-order valence-corrected chi connectivity index (χ3v) is 6.08. The lowest BCUT2D eigenvalue weighted by atomic mass is 9.88. The molecule has 0 saturated carbocycles. The van der Waals surface area contributed by atoms with Crippen LogP contribution in [-0.2, 0) is 16.9 Å². The lowest BCUT2D eigenvalue weighted by Crippen LogP contribution is -2.41. The van der Waals surface area contributed by atoms with Crippen molar-refractivity contribution in [1.82, 2.24) is 0 Å². The van der Waals surface area contributed by atoms with E-state index in [1.807, 2.05) is 36.4 Å². The number of nitrogens with zero attached hydrogens (tertiary/aromatic N) is 1. The van der Waals surface area contributed by atoms with E-state index in [-0.39, 0.29) is 19.0 Å². The molecule has 2 aliphatic rings. The molecule has 2 heterocycles. The van der Waals surface area contributed by atoms with Gasteiger partial charge in [0.05, 0.1) is 18.7 Å². The number of carbonyl (C=O) groups is 2. The molecule has 2 aliphatic heterocycles. The minimum atomic E-state index is -1.96. The van der Waals surface area contributed by atoms with Crippen molar-refractivity contribution in [3.05, 3.63) is 87.9 Å². The van der Waals surface area contributed by atoms with Crippen molar-refractivity contribution in [3.63, 3.8) is 0 Å². The minimum absolute atomic E-state index is 0.102. The molecule has 1 atom stereocenters. The van der Waals surface area contributed by atoms with Crippen molar-refractivity contribution in [2.24, 2.45) is 0 Å². The molecular formula is C24H18BrNO5. The van der Waals surface area contributed by atoms with E-state index >= 15 is 0 Å². The Bertz CT molecular complexity index is 1200. The number of hydrogen-bond donors (Lipinski definition) is 1. The molecule has 3 aromatic carbocycles. The molecule has 31 heavy (non-hydrogen) atoms. The van der Waals surface area contributed by atoms with E-state index < -0.39 is 11.5 Å². The highest BCUT2D eigenvalue weighted by Gasteiger charge is 2.51. The van der Waals surface area contributed by atoms with Gasteiger partial charge in [0, 0.05) is 15.6 Å². The number of aliphatic hydroxyl groups is 1. The zero-order valence-corrected chi connectivity index (χ0v) is 18.0. The van der Waals surface area contributed by atoms with E-state index in [0.29, 0.717) is 34.9 Å². The van der Waals surface area contributed by atoms with Crippen molar-refractivity contribution < 1.29 is 24.2 Å². The van der Waals surface area contributed by atoms with E-state index in [0.717, 1.165) is 10.0 Å². The molecule has 0 unspecified atom stereocenters. The molecule has 0 bridgehead atoms. The number of anilines is 1. The van der Waals surface area contributed by atoms with Crippen LogP contribution in [0.15, 0.2) is 71.2 Å². The van der Waals surface area contributed by atoms with Crippen LogP contribution in [0, 0.1) is 0 Å². The highest BCUT2D eigenvalue weighted by atomic mass is 79.9. The topological polar surface area (TPSA) is 76.1 Å². The maximum absolute atomic E-state index is 13.4. The first-order valence-electron chi connectivity index (χ1n) is 9.77. The van der Waals surface area contributed by atoms with E-state index in [1.54, 1.807) is 30.3 Å². The Morgan fingerprint density at radius 2 is 1.81 bits per heavy atom. The molecule has 5 rings (SSSR count). The van der Waals surface area contributed by atoms with Crippen molar-refractivity contribution in [3.8, 4) is 11.5 Å². The number of benzene rings is 3. The van der Waals surface area contributed by atoms with E-state index in [4.69, 9.17) is 9.47 Å². The van der Waals surface area contributed by atoms with Crippen LogP contribution >= 0.6 is 15.9 Å². The fourth-order valence-corrected chi connectivity index (χ4v) is 4.38. The Hall–Kier alpha value is -3.16. The lowest BCUT2D eigenvalue weighted by Gasteiger charge is -2.23. The number of carbonyl (C=O) groups excluding carboxylic acids is 2. The number of ether oxygens (including phenoxy) is 2. The average Bonchev–Trinajstić information content (AvgIpc) is 3.32. The van der Waals surface area contributed by atoms with Gasteiger partial charge < -0.3 is 19.5 Å². The molecular weight excluding hydrogens is 462 g/mol. The van der Waals surface area contributed by atoms with Gasteiger partial charge in [-0.1, -0.05) is 46.3 Å². The largest absolute Gasteiger partial charge is 0.454 e. The Morgan fingerprint density at radius 3 is 2.61 bits per heavy atom. The fourth-order valence-electron chi connectivity index (χ4n) is 4.02. The van der Waals surface area contributed by atoms with Crippen molar-refractivity contribution in [2.45, 2.75) is 18.6 Å². The third-order valence-electron chi connectivity index (χ3n) is 5.59. The molecule has 0 radical (unpaired) electrons. The van der Waals surface area contributed by atoms with Crippen LogP contribution in [0.3, 0.4) is 0 Å². The van der Waals surface area contributed by atoms with Gasteiger partial charge >= 0.3 is 0 Å². The minimum Gasteiger partial charge on any atom is -0.454 e. The van der Waals surface area contributed by atoms with Crippen molar-refractivity contribution >= 4 is 33.3 Å². The highest BCUT2D eigenvalue weighted by molar-refractivity contribution is 9.10. The van der Waals surface area contributed by atoms with E-state index in [2.05, 4.69) is 15.9 Å². The molecule has 156 valence electrons. The van der Waals surface area contributed by atoms with Gasteiger partial charge in [0.25, 0.3) is 5.91 Å². The maximum Gasteiger partial charge on any atom is 0.264 e. The summed E-state index contributed by atoms with van der Waals surface area (Å²) in [5.41, 5.74) is 0.330. The molecule has 0 saturated heterocycles. The van der Waals surface area contributed by atoms with E-state index in [1.165, 1.54) is 4.90 Å². The van der Waals surface area contributed by atoms with Crippen LogP contribution in [-0.4, -0.2) is 23.6 Å². The first kappa shape index (κ1) is 19.8. The second kappa shape index (κ2) is 7.51. The van der Waals surface area contributed by atoms with Gasteiger partial charge in [-0.15, -0.1) is 0 Å². The average molecular weight is 480 g/mol. The van der Waals surface area contributed by atoms with Crippen LogP contribution in [0.1, 0.15) is 27.9 Å². The van der Waals surface area contributed by atoms with Crippen molar-refractivity contribution in [2.75, 3.05) is 11.7 Å². The molecule has 1 N–H and O–H groups in total. The van der Waals surface area contributed by atoms with Gasteiger partial charge in [-0.2, -0.15) is 0 Å². The Morgan fingerprint density at radius 1 is 1.03 bits per heavy atom. The summed E-state index contributed by atoms with van der Waals surface area (Å²) in [5, 5.41) is 11.5. The van der Waals surface area contributed by atoms with Gasteiger partial charge in [0.2, 0.25) is 6.79 Å². The van der Waals surface area contributed by atoms with Crippen LogP contribution in [0.4, 0.5) is 5.69 Å². The van der Waals surface area contributed by atoms with Crippen LogP contribution in [0.2, 0.25) is 0 Å². The molecule has 1 amide bonds. The Balaban J connectivity index is 1.49. The highest BCUT2D eigenvalue weighted by Crippen LogP contribution is 2.45. The first-order chi connectivity index (χ1) is 15.0. The summed E-state index contributed by atoms with van der Waals surface area (Å²) in [6, 6.07) is 19.7. The number of amides is 1. The number of halogens is 1. The first-order valence-corrected chi connectivity index (χ1v) is 10.6. The summed E-state index contributed by atoms with van der Waals surface area (Å²) in [6.07, 6.45) is -0.375. The maximum atomic E-state index is 13.4. The molecule has 0 spiro atoms. The Labute approximate surface area is 187 Å². The number of ketones is 1. The molecule has 3 aromatic rings. The van der Waals surface area contributed by atoms with Gasteiger partial charge in [-0.3, -0.25) is 9.59 Å². The van der Waals surface area contributed by atoms with Gasteiger partial charge in [-0.05, 0) is 42.0 Å². The van der Waals surface area contributed by atoms with Gasteiger partial charge in [0.1, 0.15) is 0 Å². The van der Waals surface area contributed by atoms with Gasteiger partial charge in [-0.25, -0.2) is 0 Å². The molecule has 0 fully saturated rings. The van der Waals surface area contributed by atoms with Crippen molar-refractivity contribution in [1.29, 1.82) is 0 Å². The van der Waals surface area contributed by atoms with Gasteiger partial charge in [0.15, 0.2) is 22.9 Å². The SMILES string of the molecule is O=C(C[C@@]1(O)C(=O)N(Cc2ccccc2)c2ccc(Br)cc21)c1ccc2c(c1)OCO2. The van der Waals surface area contributed by atoms with E-state index in [9.17, 15) is 14.7 Å². The summed E-state index contributed by atoms with van der Waals surface area (Å²) < 4.78 is 11.3. The number of fused-ring (bicyclic) bond motifs is 2. The quantitative estimate of drug-likeness (QED) is 0.555. The molecule has 0 aromatic heterocycles. The normalized spacial score (nSPS) is 18.9. The predicted molar refractivity (Wildman–Crippen MR) is 117 cm³/mol. The second-order valence-corrected chi connectivity index (χ2v) is 8.48. The zero-order valence-electron chi connectivity index (χ0n) is 16.4. The second-order valence-electron chi connectivity index (χ2n) is 7.57. The number of rotatable bonds is 5. The number of hydrogen-bond acceptors (Lipinski definition) is 5.